The third-order valence-electron chi connectivity index (χ3n) is 4.80. The highest BCUT2D eigenvalue weighted by Gasteiger charge is 2.26. The first kappa shape index (κ1) is 21.3. The van der Waals surface area contributed by atoms with Gasteiger partial charge in [-0.3, -0.25) is 9.52 Å². The molecule has 10 heteroatoms. The Morgan fingerprint density at radius 1 is 1.26 bits per heavy atom. The number of benzene rings is 2. The van der Waals surface area contributed by atoms with Crippen LogP contribution in [-0.4, -0.2) is 32.5 Å². The summed E-state index contributed by atoms with van der Waals surface area (Å²) in [6.45, 7) is 4.12. The van der Waals surface area contributed by atoms with Gasteiger partial charge in [-0.1, -0.05) is 6.92 Å². The largest absolute Gasteiger partial charge is 0.482 e. The Bertz CT molecular complexity index is 1260. The fourth-order valence-corrected chi connectivity index (χ4v) is 5.57. The second-order valence-electron chi connectivity index (χ2n) is 7.07. The molecule has 7 nitrogen and oxygen atoms in total. The van der Waals surface area contributed by atoms with Crippen LogP contribution in [0, 0.1) is 12.7 Å². The molecule has 1 N–H and O–H groups in total. The van der Waals surface area contributed by atoms with E-state index >= 15 is 0 Å². The number of amides is 1. The summed E-state index contributed by atoms with van der Waals surface area (Å²) < 4.78 is 46.7. The number of hydrogen-bond donors (Lipinski definition) is 1. The lowest BCUT2D eigenvalue weighted by Crippen LogP contribution is -2.39. The quantitative estimate of drug-likeness (QED) is 0.595. The summed E-state index contributed by atoms with van der Waals surface area (Å²) in [7, 11) is -3.91. The van der Waals surface area contributed by atoms with Gasteiger partial charge in [0.2, 0.25) is 0 Å². The monoisotopic (exact) mass is 461 g/mol. The van der Waals surface area contributed by atoms with Crippen LogP contribution in [0.3, 0.4) is 0 Å². The summed E-state index contributed by atoms with van der Waals surface area (Å²) in [5.74, 6) is 0.0209. The Balaban J connectivity index is 1.61. The van der Waals surface area contributed by atoms with E-state index in [1.807, 2.05) is 19.1 Å². The molecule has 1 aliphatic heterocycles. The standard InChI is InChI=1S/C21H20FN3O4S2/c1-3-8-25-17-10-14(4-6-18(17)29-11-20(25)26)16-12-30-21(23-16)24-31(27,28)19-7-5-15(22)9-13(19)2/h4-7,9-10,12H,3,8,11H2,1-2H3,(H,23,24). The topological polar surface area (TPSA) is 88.6 Å². The van der Waals surface area contributed by atoms with E-state index in [4.69, 9.17) is 4.74 Å². The molecule has 2 aromatic carbocycles. The minimum absolute atomic E-state index is 0.00898. The fraction of sp³-hybridized carbons (Fsp3) is 0.238. The van der Waals surface area contributed by atoms with Crippen molar-refractivity contribution < 1.29 is 22.3 Å². The number of aromatic nitrogens is 1. The van der Waals surface area contributed by atoms with Crippen LogP contribution >= 0.6 is 11.3 Å². The van der Waals surface area contributed by atoms with Gasteiger partial charge in [-0.15, -0.1) is 11.3 Å². The molecule has 0 saturated heterocycles. The van der Waals surface area contributed by atoms with E-state index in [-0.39, 0.29) is 22.5 Å². The van der Waals surface area contributed by atoms with E-state index in [1.165, 1.54) is 19.1 Å². The second-order valence-corrected chi connectivity index (χ2v) is 9.58. The number of halogens is 1. The Morgan fingerprint density at radius 2 is 2.06 bits per heavy atom. The van der Waals surface area contributed by atoms with E-state index < -0.39 is 15.8 Å². The zero-order valence-corrected chi connectivity index (χ0v) is 18.5. The smallest absolute Gasteiger partial charge is 0.265 e. The summed E-state index contributed by atoms with van der Waals surface area (Å²) in [6.07, 6.45) is 0.806. The van der Waals surface area contributed by atoms with Crippen LogP contribution in [-0.2, 0) is 14.8 Å². The molecule has 3 aromatic rings. The predicted octanol–water partition coefficient (Wildman–Crippen LogP) is 4.19. The lowest BCUT2D eigenvalue weighted by Gasteiger charge is -2.29. The molecule has 0 fully saturated rings. The summed E-state index contributed by atoms with van der Waals surface area (Å²) in [6, 6.07) is 8.92. The molecule has 0 saturated carbocycles. The first-order valence-corrected chi connectivity index (χ1v) is 12.0. The van der Waals surface area contributed by atoms with E-state index in [0.717, 1.165) is 29.4 Å². The van der Waals surface area contributed by atoms with Crippen molar-refractivity contribution in [1.29, 1.82) is 0 Å². The van der Waals surface area contributed by atoms with E-state index in [0.29, 0.717) is 29.2 Å². The molecule has 0 atom stereocenters. The molecule has 1 aliphatic rings. The molecule has 2 heterocycles. The molecule has 0 bridgehead atoms. The number of rotatable bonds is 6. The number of carbonyl (C=O) groups excluding carboxylic acids is 1. The van der Waals surface area contributed by atoms with Gasteiger partial charge >= 0.3 is 0 Å². The Labute approximate surface area is 183 Å². The van der Waals surface area contributed by atoms with Gasteiger partial charge in [-0.25, -0.2) is 17.8 Å². The van der Waals surface area contributed by atoms with Crippen LogP contribution in [0.25, 0.3) is 11.3 Å². The zero-order valence-electron chi connectivity index (χ0n) is 16.9. The van der Waals surface area contributed by atoms with Crippen molar-refractivity contribution in [2.24, 2.45) is 0 Å². The number of fused-ring (bicyclic) bond motifs is 1. The zero-order chi connectivity index (χ0) is 22.2. The fourth-order valence-electron chi connectivity index (χ4n) is 3.37. The number of nitrogens with one attached hydrogen (secondary N) is 1. The number of thiazole rings is 1. The SMILES string of the molecule is CCCN1C(=O)COc2ccc(-c3csc(NS(=O)(=O)c4ccc(F)cc4C)n3)cc21. The van der Waals surface area contributed by atoms with Crippen molar-refractivity contribution in [2.45, 2.75) is 25.2 Å². The van der Waals surface area contributed by atoms with Crippen LogP contribution in [0.4, 0.5) is 15.2 Å². The molecule has 4 rings (SSSR count). The highest BCUT2D eigenvalue weighted by atomic mass is 32.2. The van der Waals surface area contributed by atoms with Gasteiger partial charge in [0.25, 0.3) is 15.9 Å². The van der Waals surface area contributed by atoms with Gasteiger partial charge in [0.15, 0.2) is 11.7 Å². The van der Waals surface area contributed by atoms with Gasteiger partial charge in [-0.2, -0.15) is 0 Å². The summed E-state index contributed by atoms with van der Waals surface area (Å²) in [4.78, 5) is 18.3. The van der Waals surface area contributed by atoms with Gasteiger partial charge in [0, 0.05) is 17.5 Å². The molecule has 1 amide bonds. The number of aryl methyl sites for hydroxylation is 1. The summed E-state index contributed by atoms with van der Waals surface area (Å²) in [5, 5.41) is 1.92. The second kappa shape index (κ2) is 8.27. The lowest BCUT2D eigenvalue weighted by atomic mass is 10.1. The third-order valence-corrected chi connectivity index (χ3v) is 7.18. The van der Waals surface area contributed by atoms with E-state index in [2.05, 4.69) is 9.71 Å². The Hall–Kier alpha value is -2.98. The van der Waals surface area contributed by atoms with Crippen LogP contribution < -0.4 is 14.4 Å². The molecule has 0 spiro atoms. The highest BCUT2D eigenvalue weighted by Crippen LogP contribution is 2.37. The molecule has 1 aromatic heterocycles. The first-order valence-electron chi connectivity index (χ1n) is 9.60. The average molecular weight is 462 g/mol. The van der Waals surface area contributed by atoms with Crippen molar-refractivity contribution in [1.82, 2.24) is 4.98 Å². The Kier molecular flexibility index (Phi) is 5.67. The third kappa shape index (κ3) is 4.26. The lowest BCUT2D eigenvalue weighted by molar-refractivity contribution is -0.121. The molecule has 0 aliphatic carbocycles. The minimum Gasteiger partial charge on any atom is -0.482 e. The van der Waals surface area contributed by atoms with Crippen molar-refractivity contribution in [3.63, 3.8) is 0 Å². The van der Waals surface area contributed by atoms with Gasteiger partial charge in [-0.05, 0) is 55.3 Å². The average Bonchev–Trinajstić information content (AvgIpc) is 3.17. The molecular formula is C21H20FN3O4S2. The van der Waals surface area contributed by atoms with Crippen molar-refractivity contribution in [2.75, 3.05) is 22.8 Å². The van der Waals surface area contributed by atoms with E-state index in [1.54, 1.807) is 16.3 Å². The number of hydrogen-bond acceptors (Lipinski definition) is 6. The Morgan fingerprint density at radius 3 is 2.81 bits per heavy atom. The van der Waals surface area contributed by atoms with Gasteiger partial charge in [0.1, 0.15) is 11.6 Å². The maximum Gasteiger partial charge on any atom is 0.265 e. The van der Waals surface area contributed by atoms with Crippen LogP contribution in [0.15, 0.2) is 46.7 Å². The molecule has 31 heavy (non-hydrogen) atoms. The molecule has 0 unspecified atom stereocenters. The van der Waals surface area contributed by atoms with Crippen molar-refractivity contribution in [3.8, 4) is 17.0 Å². The van der Waals surface area contributed by atoms with Crippen molar-refractivity contribution >= 4 is 38.1 Å². The van der Waals surface area contributed by atoms with Gasteiger partial charge in [0.05, 0.1) is 16.3 Å². The number of nitrogens with zero attached hydrogens (tertiary/aromatic N) is 2. The maximum atomic E-state index is 13.3. The number of carbonyl (C=O) groups is 1. The van der Waals surface area contributed by atoms with Crippen LogP contribution in [0.5, 0.6) is 5.75 Å². The molecule has 162 valence electrons. The van der Waals surface area contributed by atoms with E-state index in [9.17, 15) is 17.6 Å². The first-order chi connectivity index (χ1) is 14.8. The summed E-state index contributed by atoms with van der Waals surface area (Å²) in [5.41, 5.74) is 2.28. The number of sulfonamides is 1. The highest BCUT2D eigenvalue weighted by molar-refractivity contribution is 7.93. The summed E-state index contributed by atoms with van der Waals surface area (Å²) >= 11 is 1.14. The van der Waals surface area contributed by atoms with Crippen LogP contribution in [0.2, 0.25) is 0 Å². The normalized spacial score (nSPS) is 13.6. The molecule has 0 radical (unpaired) electrons. The van der Waals surface area contributed by atoms with Crippen LogP contribution in [0.1, 0.15) is 18.9 Å². The van der Waals surface area contributed by atoms with Crippen molar-refractivity contribution in [3.05, 3.63) is 53.2 Å². The maximum absolute atomic E-state index is 13.3. The number of ether oxygens (including phenoxy) is 1. The number of anilines is 2. The van der Waals surface area contributed by atoms with Gasteiger partial charge < -0.3 is 9.64 Å². The minimum atomic E-state index is -3.91. The predicted molar refractivity (Wildman–Crippen MR) is 118 cm³/mol. The molecular weight excluding hydrogens is 441 g/mol.